The van der Waals surface area contributed by atoms with Crippen molar-refractivity contribution in [1.29, 1.82) is 0 Å². The van der Waals surface area contributed by atoms with Gasteiger partial charge in [-0.2, -0.15) is 5.10 Å². The van der Waals surface area contributed by atoms with E-state index in [4.69, 9.17) is 0 Å². The van der Waals surface area contributed by atoms with Gasteiger partial charge in [0.25, 0.3) is 0 Å². The van der Waals surface area contributed by atoms with E-state index in [2.05, 4.69) is 45.1 Å². The van der Waals surface area contributed by atoms with E-state index in [0.717, 1.165) is 43.5 Å². The van der Waals surface area contributed by atoms with Crippen LogP contribution >= 0.6 is 11.8 Å². The summed E-state index contributed by atoms with van der Waals surface area (Å²) in [5.41, 5.74) is 4.04. The molecule has 4 rings (SSSR count). The van der Waals surface area contributed by atoms with E-state index in [1.807, 2.05) is 62.4 Å². The van der Waals surface area contributed by atoms with Gasteiger partial charge in [-0.3, -0.25) is 9.67 Å². The highest BCUT2D eigenvalue weighted by atomic mass is 32.2. The SMILES string of the molecule is C=C(C)/C=C\c1nnc(Sc2ccc3ncc(-c4cnn(C)c4)cc3c2)n1C. The van der Waals surface area contributed by atoms with Gasteiger partial charge in [-0.25, -0.2) is 0 Å². The third-order valence-corrected chi connectivity index (χ3v) is 5.31. The van der Waals surface area contributed by atoms with Crippen molar-refractivity contribution < 1.29 is 0 Å². The monoisotopic (exact) mass is 388 g/mol. The average Bonchev–Trinajstić information content (AvgIpc) is 3.26. The van der Waals surface area contributed by atoms with Gasteiger partial charge in [-0.05, 0) is 49.0 Å². The summed E-state index contributed by atoms with van der Waals surface area (Å²) in [6, 6.07) is 8.36. The Kier molecular flexibility index (Phi) is 4.83. The molecule has 0 radical (unpaired) electrons. The fourth-order valence-electron chi connectivity index (χ4n) is 2.78. The van der Waals surface area contributed by atoms with E-state index in [-0.39, 0.29) is 0 Å². The second-order valence-corrected chi connectivity index (χ2v) is 7.70. The van der Waals surface area contributed by atoms with Crippen LogP contribution in [0.3, 0.4) is 0 Å². The summed E-state index contributed by atoms with van der Waals surface area (Å²) < 4.78 is 3.76. The van der Waals surface area contributed by atoms with Gasteiger partial charge in [-0.15, -0.1) is 10.2 Å². The number of hydrogen-bond acceptors (Lipinski definition) is 5. The van der Waals surface area contributed by atoms with Crippen LogP contribution in [0.4, 0.5) is 0 Å². The van der Waals surface area contributed by atoms with Gasteiger partial charge in [-0.1, -0.05) is 18.2 Å². The minimum atomic E-state index is 0.798. The largest absolute Gasteiger partial charge is 0.305 e. The van der Waals surface area contributed by atoms with Crippen molar-refractivity contribution in [1.82, 2.24) is 29.5 Å². The maximum atomic E-state index is 4.58. The number of allylic oxidation sites excluding steroid dienone is 2. The van der Waals surface area contributed by atoms with E-state index >= 15 is 0 Å². The second-order valence-electron chi connectivity index (χ2n) is 6.66. The summed E-state index contributed by atoms with van der Waals surface area (Å²) >= 11 is 1.58. The molecule has 140 valence electrons. The molecule has 0 atom stereocenters. The number of rotatable bonds is 5. The van der Waals surface area contributed by atoms with Gasteiger partial charge < -0.3 is 4.57 Å². The molecule has 4 aromatic rings. The molecule has 0 bridgehead atoms. The predicted molar refractivity (Wildman–Crippen MR) is 113 cm³/mol. The van der Waals surface area contributed by atoms with E-state index in [9.17, 15) is 0 Å². The standard InChI is InChI=1S/C21H20N6S/c1-14(2)5-8-20-24-25-21(27(20)4)28-18-6-7-19-15(10-18)9-16(11-22-19)17-12-23-26(3)13-17/h5-13H,1H2,2-4H3/b8-5-. The summed E-state index contributed by atoms with van der Waals surface area (Å²) in [5, 5.41) is 14.7. The zero-order valence-corrected chi connectivity index (χ0v) is 16.8. The Labute approximate surface area is 167 Å². The molecule has 3 aromatic heterocycles. The lowest BCUT2D eigenvalue weighted by molar-refractivity contribution is 0.768. The maximum absolute atomic E-state index is 4.58. The van der Waals surface area contributed by atoms with E-state index in [1.165, 1.54) is 0 Å². The van der Waals surface area contributed by atoms with Gasteiger partial charge in [0.2, 0.25) is 0 Å². The molecule has 0 aliphatic rings. The number of aromatic nitrogens is 6. The predicted octanol–water partition coefficient (Wildman–Crippen LogP) is 4.50. The number of pyridine rings is 1. The average molecular weight is 389 g/mol. The lowest BCUT2D eigenvalue weighted by atomic mass is 10.1. The molecule has 0 aliphatic carbocycles. The number of benzene rings is 1. The molecule has 0 amide bonds. The molecule has 0 aliphatic heterocycles. The van der Waals surface area contributed by atoms with E-state index in [0.29, 0.717) is 0 Å². The van der Waals surface area contributed by atoms with E-state index < -0.39 is 0 Å². The molecule has 1 aromatic carbocycles. The van der Waals surface area contributed by atoms with Crippen molar-refractivity contribution in [2.45, 2.75) is 17.0 Å². The van der Waals surface area contributed by atoms with Gasteiger partial charge in [0.15, 0.2) is 11.0 Å². The number of aryl methyl sites for hydroxylation is 1. The topological polar surface area (TPSA) is 61.4 Å². The highest BCUT2D eigenvalue weighted by Gasteiger charge is 2.10. The number of nitrogens with zero attached hydrogens (tertiary/aromatic N) is 6. The third-order valence-electron chi connectivity index (χ3n) is 4.29. The van der Waals surface area contributed by atoms with Crippen molar-refractivity contribution in [2.24, 2.45) is 14.1 Å². The molecule has 7 heteroatoms. The summed E-state index contributed by atoms with van der Waals surface area (Å²) in [7, 11) is 3.87. The second kappa shape index (κ2) is 7.44. The van der Waals surface area contributed by atoms with Crippen LogP contribution in [0.5, 0.6) is 0 Å². The van der Waals surface area contributed by atoms with Crippen LogP contribution in [0.15, 0.2) is 71.1 Å². The van der Waals surface area contributed by atoms with Gasteiger partial charge >= 0.3 is 0 Å². The molecular weight excluding hydrogens is 368 g/mol. The van der Waals surface area contributed by atoms with Crippen LogP contribution in [0, 0.1) is 0 Å². The molecule has 0 spiro atoms. The van der Waals surface area contributed by atoms with Crippen molar-refractivity contribution in [3.05, 3.63) is 66.9 Å². The zero-order chi connectivity index (χ0) is 19.7. The maximum Gasteiger partial charge on any atom is 0.196 e. The summed E-state index contributed by atoms with van der Waals surface area (Å²) in [6.07, 6.45) is 9.57. The Morgan fingerprint density at radius 2 is 1.96 bits per heavy atom. The van der Waals surface area contributed by atoms with Crippen LogP contribution < -0.4 is 0 Å². The number of hydrogen-bond donors (Lipinski definition) is 0. The molecule has 0 unspecified atom stereocenters. The van der Waals surface area contributed by atoms with Crippen LogP contribution in [0.2, 0.25) is 0 Å². The molecule has 0 N–H and O–H groups in total. The minimum absolute atomic E-state index is 0.798. The first kappa shape index (κ1) is 18.2. The number of fused-ring (bicyclic) bond motifs is 1. The first-order valence-corrected chi connectivity index (χ1v) is 9.61. The van der Waals surface area contributed by atoms with Crippen LogP contribution in [-0.4, -0.2) is 29.5 Å². The lowest BCUT2D eigenvalue weighted by Gasteiger charge is -2.05. The molecule has 3 heterocycles. The molecular formula is C21H20N6S. The molecule has 6 nitrogen and oxygen atoms in total. The molecule has 0 saturated heterocycles. The molecule has 0 fully saturated rings. The zero-order valence-electron chi connectivity index (χ0n) is 16.0. The molecule has 0 saturated carbocycles. The first-order chi connectivity index (χ1) is 13.5. The van der Waals surface area contributed by atoms with Crippen molar-refractivity contribution >= 4 is 28.7 Å². The Bertz CT molecular complexity index is 1200. The van der Waals surface area contributed by atoms with Crippen LogP contribution in [-0.2, 0) is 14.1 Å². The normalized spacial score (nSPS) is 11.5. The van der Waals surface area contributed by atoms with Crippen molar-refractivity contribution in [3.8, 4) is 11.1 Å². The van der Waals surface area contributed by atoms with Crippen molar-refractivity contribution in [2.75, 3.05) is 0 Å². The Morgan fingerprint density at radius 1 is 1.11 bits per heavy atom. The summed E-state index contributed by atoms with van der Waals surface area (Å²) in [5.74, 6) is 0.798. The minimum Gasteiger partial charge on any atom is -0.305 e. The highest BCUT2D eigenvalue weighted by Crippen LogP contribution is 2.30. The Balaban J connectivity index is 1.63. The Hall–Kier alpha value is -3.19. The fraction of sp³-hybridized carbons (Fsp3) is 0.143. The lowest BCUT2D eigenvalue weighted by Crippen LogP contribution is -1.93. The van der Waals surface area contributed by atoms with Crippen LogP contribution in [0.1, 0.15) is 12.7 Å². The highest BCUT2D eigenvalue weighted by molar-refractivity contribution is 7.99. The van der Waals surface area contributed by atoms with E-state index in [1.54, 1.807) is 16.4 Å². The van der Waals surface area contributed by atoms with Crippen molar-refractivity contribution in [3.63, 3.8) is 0 Å². The fourth-order valence-corrected chi connectivity index (χ4v) is 3.63. The van der Waals surface area contributed by atoms with Crippen LogP contribution in [0.25, 0.3) is 28.1 Å². The Morgan fingerprint density at radius 3 is 2.71 bits per heavy atom. The third kappa shape index (κ3) is 3.75. The quantitative estimate of drug-likeness (QED) is 0.471. The van der Waals surface area contributed by atoms with Gasteiger partial charge in [0.05, 0.1) is 11.7 Å². The molecule has 28 heavy (non-hydrogen) atoms. The van der Waals surface area contributed by atoms with Gasteiger partial charge in [0.1, 0.15) is 0 Å². The smallest absolute Gasteiger partial charge is 0.196 e. The first-order valence-electron chi connectivity index (χ1n) is 8.79. The summed E-state index contributed by atoms with van der Waals surface area (Å²) in [4.78, 5) is 5.67. The summed E-state index contributed by atoms with van der Waals surface area (Å²) in [6.45, 7) is 5.82. The van der Waals surface area contributed by atoms with Gasteiger partial charge in [0, 0.05) is 47.9 Å².